The Hall–Kier alpha value is -8.34. The second-order valence-corrected chi connectivity index (χ2v) is 17.6. The molecular weight excluding hydrogens is 793 g/mol. The van der Waals surface area contributed by atoms with Crippen LogP contribution in [-0.4, -0.2) is 4.57 Å². The number of hydrogen-bond acceptors (Lipinski definition) is 3. The van der Waals surface area contributed by atoms with Crippen LogP contribution < -0.4 is 14.4 Å². The molecule has 2 heterocycles. The molecule has 2 atom stereocenters. The van der Waals surface area contributed by atoms with Crippen molar-refractivity contribution in [1.82, 2.24) is 4.57 Å². The molecule has 65 heavy (non-hydrogen) atoms. The van der Waals surface area contributed by atoms with Gasteiger partial charge in [0.2, 0.25) is 0 Å². The number of anilines is 3. The van der Waals surface area contributed by atoms with Crippen LogP contribution in [0.5, 0.6) is 11.5 Å². The summed E-state index contributed by atoms with van der Waals surface area (Å²) in [6.45, 7) is 0. The Balaban J connectivity index is 0.832. The average Bonchev–Trinajstić information content (AvgIpc) is 3.98. The Bertz CT molecular complexity index is 3570. The molecule has 0 saturated heterocycles. The maximum Gasteiger partial charge on any atom is 0.171 e. The molecule has 14 rings (SSSR count). The highest BCUT2D eigenvalue weighted by Crippen LogP contribution is 2.67. The quantitative estimate of drug-likeness (QED) is 0.173. The molecule has 1 aliphatic heterocycles. The standard InChI is InChI=1S/C61H40N2O2/c1-3-15-41(16-4-1)62(43-30-27-39(28-31-43)40-29-34-55-49(37-40)47-21-10-14-26-54(47)63(55)42-17-5-2-6-18-42)44-32-35-56-58(38-44)65-60-57(64-56)36-33-53-59(60)48-22-9-13-25-52(48)61(53)50-23-11-7-19-45(50)46-20-8-12-24-51(46)61/h1-38,53,59H. The first kappa shape index (κ1) is 36.2. The van der Waals surface area contributed by atoms with Crippen molar-refractivity contribution in [1.29, 1.82) is 0 Å². The number of para-hydroxylation sites is 3. The molecule has 0 N–H and O–H groups in total. The van der Waals surface area contributed by atoms with E-state index in [9.17, 15) is 0 Å². The van der Waals surface area contributed by atoms with E-state index in [1.807, 2.05) is 6.07 Å². The zero-order valence-electron chi connectivity index (χ0n) is 35.3. The van der Waals surface area contributed by atoms with Crippen molar-refractivity contribution in [3.05, 3.63) is 264 Å². The van der Waals surface area contributed by atoms with E-state index in [0.717, 1.165) is 39.8 Å². The summed E-state index contributed by atoms with van der Waals surface area (Å²) in [5, 5.41) is 2.48. The van der Waals surface area contributed by atoms with E-state index in [-0.39, 0.29) is 17.3 Å². The minimum absolute atomic E-state index is 0.0332. The molecule has 0 radical (unpaired) electrons. The summed E-state index contributed by atoms with van der Waals surface area (Å²) < 4.78 is 16.3. The summed E-state index contributed by atoms with van der Waals surface area (Å²) in [7, 11) is 0. The lowest BCUT2D eigenvalue weighted by Gasteiger charge is -2.38. The Morgan fingerprint density at radius 2 is 1.06 bits per heavy atom. The predicted molar refractivity (Wildman–Crippen MR) is 263 cm³/mol. The van der Waals surface area contributed by atoms with E-state index in [1.165, 1.54) is 60.8 Å². The van der Waals surface area contributed by atoms with E-state index in [2.05, 4.69) is 234 Å². The van der Waals surface area contributed by atoms with Crippen LogP contribution in [0.15, 0.2) is 242 Å². The largest absolute Gasteiger partial charge is 0.453 e. The molecule has 306 valence electrons. The molecule has 3 aliphatic carbocycles. The first-order valence-corrected chi connectivity index (χ1v) is 22.5. The zero-order chi connectivity index (χ0) is 42.6. The fourth-order valence-electron chi connectivity index (χ4n) is 11.7. The summed E-state index contributed by atoms with van der Waals surface area (Å²) in [4.78, 5) is 2.30. The first-order chi connectivity index (χ1) is 32.2. The summed E-state index contributed by atoms with van der Waals surface area (Å²) in [5.41, 5.74) is 16.6. The molecular formula is C61H40N2O2. The molecule has 9 aromatic carbocycles. The number of rotatable bonds is 5. The third-order valence-electron chi connectivity index (χ3n) is 14.3. The lowest BCUT2D eigenvalue weighted by atomic mass is 9.65. The maximum absolute atomic E-state index is 7.20. The smallest absolute Gasteiger partial charge is 0.171 e. The Kier molecular flexibility index (Phi) is 7.70. The van der Waals surface area contributed by atoms with Gasteiger partial charge in [0.15, 0.2) is 23.0 Å². The average molecular weight is 833 g/mol. The van der Waals surface area contributed by atoms with Gasteiger partial charge in [0, 0.05) is 39.8 Å². The number of aromatic nitrogens is 1. The summed E-state index contributed by atoms with van der Waals surface area (Å²) in [6, 6.07) is 78.9. The molecule has 0 amide bonds. The zero-order valence-corrected chi connectivity index (χ0v) is 35.3. The van der Waals surface area contributed by atoms with Crippen LogP contribution in [-0.2, 0) is 5.41 Å². The minimum atomic E-state index is -0.349. The van der Waals surface area contributed by atoms with Gasteiger partial charge in [-0.3, -0.25) is 0 Å². The normalized spacial score (nSPS) is 16.9. The highest BCUT2D eigenvalue weighted by atomic mass is 16.6. The van der Waals surface area contributed by atoms with Gasteiger partial charge in [-0.15, -0.1) is 0 Å². The highest BCUT2D eigenvalue weighted by molar-refractivity contribution is 6.10. The van der Waals surface area contributed by atoms with Crippen molar-refractivity contribution < 1.29 is 9.47 Å². The van der Waals surface area contributed by atoms with Gasteiger partial charge in [-0.2, -0.15) is 0 Å². The lowest BCUT2D eigenvalue weighted by Crippen LogP contribution is -2.35. The van der Waals surface area contributed by atoms with Crippen LogP contribution in [0.1, 0.15) is 28.2 Å². The summed E-state index contributed by atoms with van der Waals surface area (Å²) in [5.74, 6) is 3.12. The second-order valence-electron chi connectivity index (χ2n) is 17.6. The highest BCUT2D eigenvalue weighted by Gasteiger charge is 2.59. The topological polar surface area (TPSA) is 26.6 Å². The molecule has 4 aliphatic rings. The third kappa shape index (κ3) is 5.14. The van der Waals surface area contributed by atoms with Crippen LogP contribution in [0, 0.1) is 5.92 Å². The number of fused-ring (bicyclic) bond motifs is 15. The van der Waals surface area contributed by atoms with Gasteiger partial charge >= 0.3 is 0 Å². The number of ether oxygens (including phenoxy) is 2. The van der Waals surface area contributed by atoms with Gasteiger partial charge in [0.25, 0.3) is 0 Å². The lowest BCUT2D eigenvalue weighted by molar-refractivity contribution is 0.255. The Morgan fingerprint density at radius 3 is 1.85 bits per heavy atom. The first-order valence-electron chi connectivity index (χ1n) is 22.5. The minimum Gasteiger partial charge on any atom is -0.453 e. The van der Waals surface area contributed by atoms with Gasteiger partial charge in [0.1, 0.15) is 0 Å². The summed E-state index contributed by atoms with van der Waals surface area (Å²) in [6.07, 6.45) is 4.54. The maximum atomic E-state index is 7.20. The molecule has 1 spiro atoms. The van der Waals surface area contributed by atoms with Crippen LogP contribution >= 0.6 is 0 Å². The van der Waals surface area contributed by atoms with Gasteiger partial charge in [-0.25, -0.2) is 0 Å². The number of benzene rings is 9. The van der Waals surface area contributed by atoms with Crippen LogP contribution in [0.25, 0.3) is 49.7 Å². The van der Waals surface area contributed by atoms with E-state index in [0.29, 0.717) is 11.5 Å². The van der Waals surface area contributed by atoms with Crippen molar-refractivity contribution in [2.75, 3.05) is 4.90 Å². The van der Waals surface area contributed by atoms with E-state index >= 15 is 0 Å². The van der Waals surface area contributed by atoms with E-state index < -0.39 is 0 Å². The van der Waals surface area contributed by atoms with Crippen molar-refractivity contribution in [2.45, 2.75) is 11.3 Å². The van der Waals surface area contributed by atoms with Crippen molar-refractivity contribution in [3.63, 3.8) is 0 Å². The second kappa shape index (κ2) is 13.8. The van der Waals surface area contributed by atoms with E-state index in [1.54, 1.807) is 0 Å². The number of hydrogen-bond donors (Lipinski definition) is 0. The predicted octanol–water partition coefficient (Wildman–Crippen LogP) is 15.2. The Labute approximate surface area is 377 Å². The molecule has 4 nitrogen and oxygen atoms in total. The molecule has 10 aromatic rings. The van der Waals surface area contributed by atoms with Crippen LogP contribution in [0.2, 0.25) is 0 Å². The van der Waals surface area contributed by atoms with Crippen molar-refractivity contribution in [3.8, 4) is 39.4 Å². The van der Waals surface area contributed by atoms with E-state index in [4.69, 9.17) is 9.47 Å². The van der Waals surface area contributed by atoms with Gasteiger partial charge < -0.3 is 18.9 Å². The van der Waals surface area contributed by atoms with Crippen molar-refractivity contribution in [2.24, 2.45) is 5.92 Å². The monoisotopic (exact) mass is 832 g/mol. The fourth-order valence-corrected chi connectivity index (χ4v) is 11.7. The van der Waals surface area contributed by atoms with Gasteiger partial charge in [-0.05, 0) is 117 Å². The van der Waals surface area contributed by atoms with Crippen LogP contribution in [0.4, 0.5) is 17.1 Å². The third-order valence-corrected chi connectivity index (χ3v) is 14.3. The molecule has 4 heteroatoms. The molecule has 0 bridgehead atoms. The molecule has 1 aromatic heterocycles. The number of allylic oxidation sites excluding steroid dienone is 3. The molecule has 0 fully saturated rings. The van der Waals surface area contributed by atoms with Crippen molar-refractivity contribution >= 4 is 38.9 Å². The van der Waals surface area contributed by atoms with Crippen LogP contribution in [0.3, 0.4) is 0 Å². The SMILES string of the molecule is C1=CC2C(C3=C1Oc1ccc(N(c4ccccc4)c4ccc(-c5ccc6c(c5)c5ccccc5n6-c5ccccc5)cc4)cc1O3)c1ccccc1C21c2ccccc2-c2ccccc21. The van der Waals surface area contributed by atoms with Gasteiger partial charge in [0.05, 0.1) is 28.1 Å². The molecule has 0 saturated carbocycles. The Morgan fingerprint density at radius 1 is 0.446 bits per heavy atom. The number of nitrogens with zero attached hydrogens (tertiary/aromatic N) is 2. The fraction of sp³-hybridized carbons (Fsp3) is 0.0492. The van der Waals surface area contributed by atoms with Gasteiger partial charge in [-0.1, -0.05) is 152 Å². The summed E-state index contributed by atoms with van der Waals surface area (Å²) >= 11 is 0. The molecule has 2 unspecified atom stereocenters.